The zero-order chi connectivity index (χ0) is 12.3. The van der Waals surface area contributed by atoms with Crippen molar-refractivity contribution in [1.29, 1.82) is 5.26 Å². The summed E-state index contributed by atoms with van der Waals surface area (Å²) in [5.74, 6) is -0.116. The van der Waals surface area contributed by atoms with E-state index in [0.29, 0.717) is 19.4 Å². The third-order valence-electron chi connectivity index (χ3n) is 2.99. The molecule has 0 spiro atoms. The van der Waals surface area contributed by atoms with Crippen molar-refractivity contribution >= 4 is 21.8 Å². The van der Waals surface area contributed by atoms with Crippen LogP contribution in [0, 0.1) is 16.7 Å². The van der Waals surface area contributed by atoms with Crippen molar-refractivity contribution in [3.63, 3.8) is 0 Å². The van der Waals surface area contributed by atoms with Crippen molar-refractivity contribution < 1.29 is 4.79 Å². The zero-order valence-corrected chi connectivity index (χ0v) is 11.0. The smallest absolute Gasteiger partial charge is 0.240 e. The molecule has 1 aliphatic carbocycles. The van der Waals surface area contributed by atoms with Gasteiger partial charge in [-0.3, -0.25) is 4.79 Å². The van der Waals surface area contributed by atoms with Gasteiger partial charge in [-0.1, -0.05) is 28.1 Å². The van der Waals surface area contributed by atoms with Gasteiger partial charge in [-0.25, -0.2) is 0 Å². The SMILES string of the molecule is N#CC1(C(=O)NCCc2cccc(Br)c2)CC1. The number of carbonyl (C=O) groups is 1. The second-order valence-electron chi connectivity index (χ2n) is 4.33. The van der Waals surface area contributed by atoms with Crippen molar-refractivity contribution in [2.45, 2.75) is 19.3 Å². The molecule has 3 nitrogen and oxygen atoms in total. The van der Waals surface area contributed by atoms with Crippen molar-refractivity contribution in [2.24, 2.45) is 5.41 Å². The fourth-order valence-corrected chi connectivity index (χ4v) is 2.14. The van der Waals surface area contributed by atoms with E-state index in [2.05, 4.69) is 27.3 Å². The third-order valence-corrected chi connectivity index (χ3v) is 3.48. The van der Waals surface area contributed by atoms with Gasteiger partial charge in [-0.2, -0.15) is 5.26 Å². The summed E-state index contributed by atoms with van der Waals surface area (Å²) in [6.45, 7) is 0.582. The number of nitrogens with one attached hydrogen (secondary N) is 1. The van der Waals surface area contributed by atoms with E-state index in [1.807, 2.05) is 24.3 Å². The topological polar surface area (TPSA) is 52.9 Å². The Balaban J connectivity index is 1.81. The molecule has 1 fully saturated rings. The van der Waals surface area contributed by atoms with E-state index in [9.17, 15) is 4.79 Å². The second kappa shape index (κ2) is 4.89. The molecular weight excluding hydrogens is 280 g/mol. The van der Waals surface area contributed by atoms with Gasteiger partial charge in [-0.15, -0.1) is 0 Å². The number of benzene rings is 1. The molecule has 0 aliphatic heterocycles. The van der Waals surface area contributed by atoms with Crippen LogP contribution in [0.4, 0.5) is 0 Å². The Kier molecular flexibility index (Phi) is 3.49. The van der Waals surface area contributed by atoms with E-state index in [-0.39, 0.29) is 5.91 Å². The number of rotatable bonds is 4. The highest BCUT2D eigenvalue weighted by Gasteiger charge is 2.50. The molecule has 0 saturated heterocycles. The fourth-order valence-electron chi connectivity index (χ4n) is 1.70. The molecule has 1 aliphatic rings. The lowest BCUT2D eigenvalue weighted by Gasteiger charge is -2.08. The lowest BCUT2D eigenvalue weighted by Crippen LogP contribution is -2.32. The summed E-state index contributed by atoms with van der Waals surface area (Å²) >= 11 is 3.41. The summed E-state index contributed by atoms with van der Waals surface area (Å²) < 4.78 is 1.04. The molecule has 0 atom stereocenters. The molecule has 4 heteroatoms. The van der Waals surface area contributed by atoms with Gasteiger partial charge in [0.1, 0.15) is 5.41 Å². The normalized spacial score (nSPS) is 16.0. The quantitative estimate of drug-likeness (QED) is 0.927. The van der Waals surface area contributed by atoms with Crippen LogP contribution in [-0.4, -0.2) is 12.5 Å². The van der Waals surface area contributed by atoms with E-state index < -0.39 is 5.41 Å². The lowest BCUT2D eigenvalue weighted by molar-refractivity contribution is -0.124. The van der Waals surface area contributed by atoms with Gasteiger partial charge in [0.05, 0.1) is 6.07 Å². The first-order valence-electron chi connectivity index (χ1n) is 5.60. The Labute approximate surface area is 109 Å². The van der Waals surface area contributed by atoms with Crippen LogP contribution in [0.1, 0.15) is 18.4 Å². The first-order valence-corrected chi connectivity index (χ1v) is 6.40. The minimum atomic E-state index is -0.711. The minimum absolute atomic E-state index is 0.116. The van der Waals surface area contributed by atoms with Gasteiger partial charge in [0.2, 0.25) is 5.91 Å². The van der Waals surface area contributed by atoms with Crippen LogP contribution in [-0.2, 0) is 11.2 Å². The molecule has 17 heavy (non-hydrogen) atoms. The molecule has 1 aromatic rings. The lowest BCUT2D eigenvalue weighted by atomic mass is 10.1. The summed E-state index contributed by atoms with van der Waals surface area (Å²) in [7, 11) is 0. The molecule has 0 heterocycles. The maximum Gasteiger partial charge on any atom is 0.240 e. The monoisotopic (exact) mass is 292 g/mol. The summed E-state index contributed by atoms with van der Waals surface area (Å²) in [6.07, 6.45) is 2.19. The Morgan fingerprint density at radius 3 is 2.88 bits per heavy atom. The molecule has 88 valence electrons. The second-order valence-corrected chi connectivity index (χ2v) is 5.25. The van der Waals surface area contributed by atoms with Crippen molar-refractivity contribution in [2.75, 3.05) is 6.54 Å². The molecule has 1 aromatic carbocycles. The number of halogens is 1. The van der Waals surface area contributed by atoms with Crippen LogP contribution >= 0.6 is 15.9 Å². The molecule has 1 saturated carbocycles. The van der Waals surface area contributed by atoms with Crippen LogP contribution < -0.4 is 5.32 Å². The van der Waals surface area contributed by atoms with E-state index >= 15 is 0 Å². The number of nitriles is 1. The predicted octanol–water partition coefficient (Wildman–Crippen LogP) is 2.41. The van der Waals surface area contributed by atoms with Gasteiger partial charge in [-0.05, 0) is 37.0 Å². The molecule has 0 radical (unpaired) electrons. The van der Waals surface area contributed by atoms with Crippen LogP contribution in [0.2, 0.25) is 0 Å². The summed E-state index contributed by atoms with van der Waals surface area (Å²) in [4.78, 5) is 11.7. The van der Waals surface area contributed by atoms with E-state index in [1.54, 1.807) is 0 Å². The van der Waals surface area contributed by atoms with Crippen LogP contribution in [0.25, 0.3) is 0 Å². The molecule has 2 rings (SSSR count). The van der Waals surface area contributed by atoms with Gasteiger partial charge in [0, 0.05) is 11.0 Å². The van der Waals surface area contributed by atoms with Gasteiger partial charge in [0.15, 0.2) is 0 Å². The van der Waals surface area contributed by atoms with E-state index in [4.69, 9.17) is 5.26 Å². The number of carbonyl (C=O) groups excluding carboxylic acids is 1. The van der Waals surface area contributed by atoms with Crippen LogP contribution in [0.3, 0.4) is 0 Å². The molecule has 0 aromatic heterocycles. The Morgan fingerprint density at radius 2 is 2.29 bits per heavy atom. The maximum absolute atomic E-state index is 11.7. The Morgan fingerprint density at radius 1 is 1.53 bits per heavy atom. The highest BCUT2D eigenvalue weighted by Crippen LogP contribution is 2.44. The zero-order valence-electron chi connectivity index (χ0n) is 9.37. The van der Waals surface area contributed by atoms with Gasteiger partial charge < -0.3 is 5.32 Å². The van der Waals surface area contributed by atoms with Crippen LogP contribution in [0.15, 0.2) is 28.7 Å². The van der Waals surface area contributed by atoms with Crippen molar-refractivity contribution in [3.8, 4) is 6.07 Å². The number of nitrogens with zero attached hydrogens (tertiary/aromatic N) is 1. The van der Waals surface area contributed by atoms with Gasteiger partial charge >= 0.3 is 0 Å². The Hall–Kier alpha value is -1.34. The minimum Gasteiger partial charge on any atom is -0.354 e. The Bertz CT molecular complexity index is 475. The largest absolute Gasteiger partial charge is 0.354 e. The van der Waals surface area contributed by atoms with Crippen LogP contribution in [0.5, 0.6) is 0 Å². The van der Waals surface area contributed by atoms with Gasteiger partial charge in [0.25, 0.3) is 0 Å². The molecule has 1 N–H and O–H groups in total. The number of amides is 1. The average Bonchev–Trinajstić information content (AvgIpc) is 3.10. The van der Waals surface area contributed by atoms with Crippen molar-refractivity contribution in [1.82, 2.24) is 5.32 Å². The van der Waals surface area contributed by atoms with E-state index in [1.165, 1.54) is 5.56 Å². The first-order chi connectivity index (χ1) is 8.16. The summed E-state index contributed by atoms with van der Waals surface area (Å²) in [5, 5.41) is 11.7. The highest BCUT2D eigenvalue weighted by atomic mass is 79.9. The predicted molar refractivity (Wildman–Crippen MR) is 68.1 cm³/mol. The molecule has 0 unspecified atom stereocenters. The average molecular weight is 293 g/mol. The maximum atomic E-state index is 11.7. The summed E-state index contributed by atoms with van der Waals surface area (Å²) in [5.41, 5.74) is 0.457. The van der Waals surface area contributed by atoms with Crippen molar-refractivity contribution in [3.05, 3.63) is 34.3 Å². The third kappa shape index (κ3) is 2.86. The standard InChI is InChI=1S/C13H13BrN2O/c14-11-3-1-2-10(8-11)4-7-16-12(17)13(9-15)5-6-13/h1-3,8H,4-7H2,(H,16,17). The highest BCUT2D eigenvalue weighted by molar-refractivity contribution is 9.10. The number of hydrogen-bond donors (Lipinski definition) is 1. The first kappa shape index (κ1) is 12.1. The van der Waals surface area contributed by atoms with E-state index in [0.717, 1.165) is 10.9 Å². The summed E-state index contributed by atoms with van der Waals surface area (Å²) in [6, 6.07) is 10.1. The molecule has 0 bridgehead atoms. The number of hydrogen-bond acceptors (Lipinski definition) is 2. The molecule has 1 amide bonds. The fraction of sp³-hybridized carbons (Fsp3) is 0.385. The molecular formula is C13H13BrN2O.